The van der Waals surface area contributed by atoms with E-state index in [-0.39, 0.29) is 17.9 Å². The summed E-state index contributed by atoms with van der Waals surface area (Å²) in [5.41, 5.74) is 0. The molecular formula is C14H26O4. The number of esters is 2. The van der Waals surface area contributed by atoms with Crippen molar-refractivity contribution in [2.24, 2.45) is 11.8 Å². The van der Waals surface area contributed by atoms with Crippen LogP contribution in [-0.2, 0) is 19.1 Å². The summed E-state index contributed by atoms with van der Waals surface area (Å²) in [5, 5.41) is 0. The fraction of sp³-hybridized carbons (Fsp3) is 0.857. The molecule has 106 valence electrons. The number of hydrogen-bond donors (Lipinski definition) is 0. The van der Waals surface area contributed by atoms with E-state index >= 15 is 0 Å². The van der Waals surface area contributed by atoms with E-state index in [1.807, 2.05) is 0 Å². The third-order valence-corrected chi connectivity index (χ3v) is 2.97. The Morgan fingerprint density at radius 1 is 0.944 bits per heavy atom. The molecule has 0 fully saturated rings. The normalized spacial score (nSPS) is 13.8. The topological polar surface area (TPSA) is 52.6 Å². The predicted octanol–water partition coefficient (Wildman–Crippen LogP) is 2.95. The highest BCUT2D eigenvalue weighted by molar-refractivity contribution is 5.81. The minimum absolute atomic E-state index is 0.283. The average molecular weight is 258 g/mol. The molecular weight excluding hydrogens is 232 g/mol. The van der Waals surface area contributed by atoms with Crippen LogP contribution in [-0.4, -0.2) is 25.2 Å². The summed E-state index contributed by atoms with van der Waals surface area (Å²) in [6.07, 6.45) is 3.77. The van der Waals surface area contributed by atoms with Gasteiger partial charge < -0.3 is 9.47 Å². The summed E-state index contributed by atoms with van der Waals surface area (Å²) in [5.74, 6) is -1.40. The Hall–Kier alpha value is -1.06. The van der Waals surface area contributed by atoms with Crippen LogP contribution in [0.1, 0.15) is 53.4 Å². The van der Waals surface area contributed by atoms with Gasteiger partial charge in [-0.15, -0.1) is 0 Å². The molecule has 0 N–H and O–H groups in total. The molecule has 0 aliphatic rings. The average Bonchev–Trinajstić information content (AvgIpc) is 2.34. The smallest absolute Gasteiger partial charge is 0.309 e. The monoisotopic (exact) mass is 258 g/mol. The molecule has 4 nitrogen and oxygen atoms in total. The van der Waals surface area contributed by atoms with E-state index < -0.39 is 5.92 Å². The SMILES string of the molecule is CCCCCC(C(=O)OCC)C(C)C(=O)OCC. The van der Waals surface area contributed by atoms with E-state index in [1.165, 1.54) is 0 Å². The van der Waals surface area contributed by atoms with Crippen LogP contribution >= 0.6 is 0 Å². The molecule has 0 aliphatic carbocycles. The zero-order chi connectivity index (χ0) is 14.0. The van der Waals surface area contributed by atoms with E-state index in [0.29, 0.717) is 19.6 Å². The van der Waals surface area contributed by atoms with Gasteiger partial charge in [0.25, 0.3) is 0 Å². The number of ether oxygens (including phenoxy) is 2. The quantitative estimate of drug-likeness (QED) is 0.471. The van der Waals surface area contributed by atoms with Gasteiger partial charge in [-0.3, -0.25) is 9.59 Å². The van der Waals surface area contributed by atoms with E-state index in [9.17, 15) is 9.59 Å². The maximum atomic E-state index is 11.9. The predicted molar refractivity (Wildman–Crippen MR) is 70.1 cm³/mol. The molecule has 2 atom stereocenters. The molecule has 0 saturated heterocycles. The van der Waals surface area contributed by atoms with Crippen molar-refractivity contribution in [2.45, 2.75) is 53.4 Å². The number of carbonyl (C=O) groups excluding carboxylic acids is 2. The van der Waals surface area contributed by atoms with Crippen LogP contribution in [0.3, 0.4) is 0 Å². The van der Waals surface area contributed by atoms with Crippen molar-refractivity contribution in [1.29, 1.82) is 0 Å². The standard InChI is InChI=1S/C14H26O4/c1-5-8-9-10-12(14(16)18-7-3)11(4)13(15)17-6-2/h11-12H,5-10H2,1-4H3. The first-order valence-electron chi connectivity index (χ1n) is 6.91. The molecule has 0 heterocycles. The van der Waals surface area contributed by atoms with Gasteiger partial charge >= 0.3 is 11.9 Å². The maximum absolute atomic E-state index is 11.9. The molecule has 4 heteroatoms. The lowest BCUT2D eigenvalue weighted by Crippen LogP contribution is -2.30. The highest BCUT2D eigenvalue weighted by Gasteiger charge is 2.31. The first kappa shape index (κ1) is 16.9. The maximum Gasteiger partial charge on any atom is 0.309 e. The third kappa shape index (κ3) is 6.03. The largest absolute Gasteiger partial charge is 0.466 e. The van der Waals surface area contributed by atoms with Crippen molar-refractivity contribution in [2.75, 3.05) is 13.2 Å². The highest BCUT2D eigenvalue weighted by Crippen LogP contribution is 2.22. The van der Waals surface area contributed by atoms with Gasteiger partial charge in [-0.25, -0.2) is 0 Å². The third-order valence-electron chi connectivity index (χ3n) is 2.97. The molecule has 0 amide bonds. The summed E-state index contributed by atoms with van der Waals surface area (Å²) < 4.78 is 10.0. The van der Waals surface area contributed by atoms with Crippen LogP contribution in [0, 0.1) is 11.8 Å². The van der Waals surface area contributed by atoms with Crippen LogP contribution < -0.4 is 0 Å². The van der Waals surface area contributed by atoms with Gasteiger partial charge in [0.15, 0.2) is 0 Å². The highest BCUT2D eigenvalue weighted by atomic mass is 16.5. The van der Waals surface area contributed by atoms with Crippen LogP contribution in [0.4, 0.5) is 0 Å². The van der Waals surface area contributed by atoms with Crippen molar-refractivity contribution in [1.82, 2.24) is 0 Å². The Morgan fingerprint density at radius 3 is 2.00 bits per heavy atom. The summed E-state index contributed by atoms with van der Waals surface area (Å²) in [4.78, 5) is 23.6. The van der Waals surface area contributed by atoms with Crippen LogP contribution in [0.15, 0.2) is 0 Å². The number of hydrogen-bond acceptors (Lipinski definition) is 4. The minimum Gasteiger partial charge on any atom is -0.466 e. The Kier molecular flexibility index (Phi) is 9.33. The van der Waals surface area contributed by atoms with Crippen molar-refractivity contribution < 1.29 is 19.1 Å². The van der Waals surface area contributed by atoms with Gasteiger partial charge in [0, 0.05) is 0 Å². The minimum atomic E-state index is -0.430. The van der Waals surface area contributed by atoms with Gasteiger partial charge in [0.2, 0.25) is 0 Å². The van der Waals surface area contributed by atoms with Crippen molar-refractivity contribution in [3.8, 4) is 0 Å². The molecule has 0 rings (SSSR count). The lowest BCUT2D eigenvalue weighted by Gasteiger charge is -2.20. The van der Waals surface area contributed by atoms with Gasteiger partial charge in [-0.05, 0) is 20.3 Å². The van der Waals surface area contributed by atoms with Crippen molar-refractivity contribution in [3.63, 3.8) is 0 Å². The van der Waals surface area contributed by atoms with Crippen LogP contribution in [0.5, 0.6) is 0 Å². The van der Waals surface area contributed by atoms with Crippen molar-refractivity contribution in [3.05, 3.63) is 0 Å². The molecule has 0 aromatic rings. The lowest BCUT2D eigenvalue weighted by molar-refractivity contribution is -0.160. The summed E-state index contributed by atoms with van der Waals surface area (Å²) in [6, 6.07) is 0. The lowest BCUT2D eigenvalue weighted by atomic mass is 9.89. The zero-order valence-electron chi connectivity index (χ0n) is 12.0. The molecule has 0 saturated carbocycles. The fourth-order valence-corrected chi connectivity index (χ4v) is 1.87. The molecule has 0 aliphatic heterocycles. The van der Waals surface area contributed by atoms with E-state index in [1.54, 1.807) is 20.8 Å². The van der Waals surface area contributed by atoms with Gasteiger partial charge in [0.05, 0.1) is 25.0 Å². The Balaban J connectivity index is 4.52. The Labute approximate surface area is 110 Å². The molecule has 0 aromatic carbocycles. The molecule has 2 unspecified atom stereocenters. The number of unbranched alkanes of at least 4 members (excludes halogenated alkanes) is 2. The molecule has 0 spiro atoms. The van der Waals surface area contributed by atoms with Gasteiger partial charge in [-0.1, -0.05) is 33.1 Å². The Morgan fingerprint density at radius 2 is 1.50 bits per heavy atom. The second-order valence-corrected chi connectivity index (χ2v) is 4.40. The van der Waals surface area contributed by atoms with E-state index in [2.05, 4.69) is 6.92 Å². The summed E-state index contributed by atoms with van der Waals surface area (Å²) >= 11 is 0. The summed E-state index contributed by atoms with van der Waals surface area (Å²) in [7, 11) is 0. The fourth-order valence-electron chi connectivity index (χ4n) is 1.87. The second kappa shape index (κ2) is 9.92. The van der Waals surface area contributed by atoms with Gasteiger partial charge in [-0.2, -0.15) is 0 Å². The van der Waals surface area contributed by atoms with E-state index in [0.717, 1.165) is 19.3 Å². The molecule has 0 aromatic heterocycles. The second-order valence-electron chi connectivity index (χ2n) is 4.40. The molecule has 18 heavy (non-hydrogen) atoms. The molecule has 0 bridgehead atoms. The van der Waals surface area contributed by atoms with E-state index in [4.69, 9.17) is 9.47 Å². The van der Waals surface area contributed by atoms with Crippen LogP contribution in [0.2, 0.25) is 0 Å². The number of rotatable bonds is 9. The van der Waals surface area contributed by atoms with Gasteiger partial charge in [0.1, 0.15) is 0 Å². The van der Waals surface area contributed by atoms with Crippen molar-refractivity contribution >= 4 is 11.9 Å². The Bertz CT molecular complexity index is 250. The first-order valence-corrected chi connectivity index (χ1v) is 6.91. The molecule has 0 radical (unpaired) electrons. The van der Waals surface area contributed by atoms with Crippen LogP contribution in [0.25, 0.3) is 0 Å². The number of carbonyl (C=O) groups is 2. The zero-order valence-corrected chi connectivity index (χ0v) is 12.0. The summed E-state index contributed by atoms with van der Waals surface area (Å²) in [6.45, 7) is 8.07. The first-order chi connectivity index (χ1) is 8.58.